The van der Waals surface area contributed by atoms with Gasteiger partial charge in [0.05, 0.1) is 27.9 Å². The SMILES string of the molecule is CC(C)c1c(-c2ccccc2)nc2c(c1NC(=O)/N=N/[SH](N)(=O)c1cnc(C(C)(C)O)s1)CCC2. The molecule has 0 saturated carbocycles. The summed E-state index contributed by atoms with van der Waals surface area (Å²) < 4.78 is 16.8. The maximum Gasteiger partial charge on any atom is 0.364 e. The number of benzene rings is 1. The van der Waals surface area contributed by atoms with E-state index < -0.39 is 21.9 Å². The van der Waals surface area contributed by atoms with Crippen molar-refractivity contribution in [3.05, 3.63) is 58.4 Å². The highest BCUT2D eigenvalue weighted by molar-refractivity contribution is 8.01. The molecular weight excluding hydrogens is 484 g/mol. The van der Waals surface area contributed by atoms with Gasteiger partial charge in [-0.3, -0.25) is 10.1 Å². The molecule has 2 aromatic heterocycles. The van der Waals surface area contributed by atoms with Crippen LogP contribution < -0.4 is 10.5 Å². The summed E-state index contributed by atoms with van der Waals surface area (Å²) in [6.45, 7) is 7.24. The Bertz CT molecular complexity index is 1330. The molecule has 0 fully saturated rings. The highest BCUT2D eigenvalue weighted by Gasteiger charge is 2.27. The van der Waals surface area contributed by atoms with Crippen LogP contribution in [0.15, 0.2) is 50.4 Å². The summed E-state index contributed by atoms with van der Waals surface area (Å²) in [5.41, 5.74) is 4.19. The van der Waals surface area contributed by atoms with Crippen molar-refractivity contribution in [1.29, 1.82) is 0 Å². The molecule has 186 valence electrons. The van der Waals surface area contributed by atoms with Crippen LogP contribution in [-0.4, -0.2) is 25.3 Å². The number of hydrogen-bond acceptors (Lipinski definition) is 6. The molecule has 4 N–H and O–H groups in total. The third-order valence-electron chi connectivity index (χ3n) is 5.72. The van der Waals surface area contributed by atoms with Crippen molar-refractivity contribution in [3.63, 3.8) is 0 Å². The number of amides is 2. The molecule has 2 amide bonds. The summed E-state index contributed by atoms with van der Waals surface area (Å²) in [4.78, 5) is 21.9. The zero-order valence-corrected chi connectivity index (χ0v) is 21.9. The van der Waals surface area contributed by atoms with E-state index in [4.69, 9.17) is 10.1 Å². The van der Waals surface area contributed by atoms with Gasteiger partial charge in [-0.25, -0.2) is 14.0 Å². The summed E-state index contributed by atoms with van der Waals surface area (Å²) in [6, 6.07) is 9.12. The van der Waals surface area contributed by atoms with Crippen molar-refractivity contribution in [2.24, 2.45) is 14.8 Å². The van der Waals surface area contributed by atoms with Crippen molar-refractivity contribution < 1.29 is 14.1 Å². The summed E-state index contributed by atoms with van der Waals surface area (Å²) in [5.74, 6) is 0.0777. The Morgan fingerprint density at radius 2 is 1.97 bits per heavy atom. The van der Waals surface area contributed by atoms with Gasteiger partial charge in [-0.2, -0.15) is 0 Å². The minimum atomic E-state index is -3.83. The molecule has 35 heavy (non-hydrogen) atoms. The number of carbonyl (C=O) groups is 1. The number of thiol groups is 1. The van der Waals surface area contributed by atoms with Crippen molar-refractivity contribution >= 4 is 33.4 Å². The average Bonchev–Trinajstić information content (AvgIpc) is 3.48. The summed E-state index contributed by atoms with van der Waals surface area (Å²) in [5, 5.41) is 22.9. The number of nitrogens with zero attached hydrogens (tertiary/aromatic N) is 4. The Balaban J connectivity index is 1.66. The smallest absolute Gasteiger partial charge is 0.364 e. The monoisotopic (exact) mass is 514 g/mol. The molecule has 1 aliphatic rings. The lowest BCUT2D eigenvalue weighted by Crippen LogP contribution is -2.20. The third kappa shape index (κ3) is 5.37. The van der Waals surface area contributed by atoms with Crippen LogP contribution in [0.3, 0.4) is 0 Å². The number of urea groups is 1. The van der Waals surface area contributed by atoms with Gasteiger partial charge in [0.25, 0.3) is 0 Å². The number of aryl methyl sites for hydroxylation is 1. The van der Waals surface area contributed by atoms with Gasteiger partial charge in [-0.15, -0.1) is 11.3 Å². The van der Waals surface area contributed by atoms with Crippen molar-refractivity contribution in [2.45, 2.75) is 62.7 Å². The Kier molecular flexibility index (Phi) is 6.96. The molecule has 3 aromatic rings. The van der Waals surface area contributed by atoms with E-state index in [-0.39, 0.29) is 10.1 Å². The fraction of sp³-hybridized carbons (Fsp3) is 0.375. The summed E-state index contributed by atoms with van der Waals surface area (Å²) in [6.07, 6.45) is 3.90. The normalized spacial score (nSPS) is 14.5. The molecule has 0 aliphatic heterocycles. The molecule has 9 nitrogen and oxygen atoms in total. The molecule has 0 saturated heterocycles. The van der Waals surface area contributed by atoms with Gasteiger partial charge in [-0.05, 0) is 44.6 Å². The Morgan fingerprint density at radius 3 is 2.60 bits per heavy atom. The van der Waals surface area contributed by atoms with E-state index in [2.05, 4.69) is 33.8 Å². The molecule has 0 bridgehead atoms. The number of aliphatic hydroxyl groups is 1. The number of pyridine rings is 1. The lowest BCUT2D eigenvalue weighted by Gasteiger charge is -2.21. The van der Waals surface area contributed by atoms with E-state index in [9.17, 15) is 14.1 Å². The van der Waals surface area contributed by atoms with E-state index in [0.717, 1.165) is 58.7 Å². The fourth-order valence-corrected chi connectivity index (χ4v) is 6.17. The Labute approximate surface area is 209 Å². The fourth-order valence-electron chi connectivity index (χ4n) is 4.10. The van der Waals surface area contributed by atoms with Crippen LogP contribution in [-0.2, 0) is 28.7 Å². The average molecular weight is 515 g/mol. The van der Waals surface area contributed by atoms with Crippen LogP contribution in [0.5, 0.6) is 0 Å². The van der Waals surface area contributed by atoms with E-state index in [1.54, 1.807) is 13.8 Å². The van der Waals surface area contributed by atoms with Gasteiger partial charge < -0.3 is 10.4 Å². The quantitative estimate of drug-likeness (QED) is 0.273. The molecule has 4 rings (SSSR count). The van der Waals surface area contributed by atoms with Crippen molar-refractivity contribution in [3.8, 4) is 11.3 Å². The van der Waals surface area contributed by atoms with Gasteiger partial charge in [0.1, 0.15) is 14.8 Å². The third-order valence-corrected chi connectivity index (χ3v) is 8.99. The molecule has 1 aromatic carbocycles. The molecule has 11 heteroatoms. The minimum Gasteiger partial charge on any atom is -0.383 e. The molecule has 1 aliphatic carbocycles. The van der Waals surface area contributed by atoms with Crippen LogP contribution in [0.25, 0.3) is 11.3 Å². The van der Waals surface area contributed by atoms with E-state index >= 15 is 0 Å². The van der Waals surface area contributed by atoms with Gasteiger partial charge >= 0.3 is 6.03 Å². The van der Waals surface area contributed by atoms with Crippen LogP contribution in [0.1, 0.15) is 61.9 Å². The first-order valence-electron chi connectivity index (χ1n) is 11.4. The van der Waals surface area contributed by atoms with Crippen LogP contribution in [0, 0.1) is 0 Å². The number of fused-ring (bicyclic) bond motifs is 1. The van der Waals surface area contributed by atoms with Gasteiger partial charge in [0.2, 0.25) is 0 Å². The van der Waals surface area contributed by atoms with Crippen molar-refractivity contribution in [1.82, 2.24) is 9.97 Å². The minimum absolute atomic E-state index is 0.0777. The molecule has 0 spiro atoms. The van der Waals surface area contributed by atoms with E-state index in [1.807, 2.05) is 30.3 Å². The number of nitrogens with two attached hydrogens (primary N) is 1. The molecule has 0 atom stereocenters. The largest absolute Gasteiger partial charge is 0.383 e. The number of thiazole rings is 1. The van der Waals surface area contributed by atoms with Gasteiger partial charge in [-0.1, -0.05) is 53.8 Å². The predicted octanol–water partition coefficient (Wildman–Crippen LogP) is 4.89. The second-order valence-corrected chi connectivity index (χ2v) is 12.6. The number of aromatic nitrogens is 2. The van der Waals surface area contributed by atoms with Crippen LogP contribution >= 0.6 is 11.3 Å². The van der Waals surface area contributed by atoms with E-state index in [1.165, 1.54) is 6.20 Å². The molecule has 2 heterocycles. The first-order chi connectivity index (χ1) is 16.5. The number of hydrogen-bond donors (Lipinski definition) is 4. The highest BCUT2D eigenvalue weighted by Crippen LogP contribution is 2.40. The predicted molar refractivity (Wildman–Crippen MR) is 139 cm³/mol. The molecule has 0 unspecified atom stereocenters. The lowest BCUT2D eigenvalue weighted by molar-refractivity contribution is 0.0783. The highest BCUT2D eigenvalue weighted by atomic mass is 32.3. The van der Waals surface area contributed by atoms with Crippen LogP contribution in [0.4, 0.5) is 10.5 Å². The molecular formula is C24H30N6O3S2. The number of rotatable bonds is 6. The first-order valence-corrected chi connectivity index (χ1v) is 13.9. The Morgan fingerprint density at radius 1 is 1.26 bits per heavy atom. The maximum atomic E-state index is 12.9. The lowest BCUT2D eigenvalue weighted by atomic mass is 9.92. The Hall–Kier alpha value is -2.86. The molecule has 0 radical (unpaired) electrons. The zero-order chi connectivity index (χ0) is 25.4. The number of nitrogens with one attached hydrogen (secondary N) is 1. The first kappa shape index (κ1) is 25.2. The topological polar surface area (TPSA) is 143 Å². The van der Waals surface area contributed by atoms with Gasteiger partial charge in [0, 0.05) is 16.8 Å². The zero-order valence-electron chi connectivity index (χ0n) is 20.1. The second-order valence-electron chi connectivity index (χ2n) is 9.35. The van der Waals surface area contributed by atoms with E-state index in [0.29, 0.717) is 10.7 Å². The van der Waals surface area contributed by atoms with Crippen molar-refractivity contribution in [2.75, 3.05) is 5.32 Å². The van der Waals surface area contributed by atoms with Crippen LogP contribution in [0.2, 0.25) is 0 Å². The van der Waals surface area contributed by atoms with Gasteiger partial charge in [0.15, 0.2) is 0 Å². The maximum absolute atomic E-state index is 12.9. The number of anilines is 1. The summed E-state index contributed by atoms with van der Waals surface area (Å²) in [7, 11) is -3.83. The summed E-state index contributed by atoms with van der Waals surface area (Å²) >= 11 is 0.982. The second kappa shape index (κ2) is 9.65. The standard InChI is InChI=1S/C24H30N6O3S2/c1-14(2)19-20(15-9-6-5-7-10-15)27-17-12-8-11-16(17)21(19)28-23(31)29-30-35(25,33)18-13-26-22(34-18)24(3,4)32/h5-7,9-10,13-14,32,35H,8,11-12H2,1-4H3,(H2,25,33)(H,27,28,31)/b30-29+. The number of carbonyl (C=O) groups excluding carboxylic acids is 1.